The van der Waals surface area contributed by atoms with Gasteiger partial charge in [0.15, 0.2) is 0 Å². The van der Waals surface area contributed by atoms with Crippen molar-refractivity contribution >= 4 is 21.1 Å². The highest BCUT2D eigenvalue weighted by Gasteiger charge is 2.22. The second-order valence-electron chi connectivity index (χ2n) is 6.76. The average molecular weight is 370 g/mol. The maximum Gasteiger partial charge on any atom is 0.213 e. The van der Waals surface area contributed by atoms with Crippen LogP contribution in [0.1, 0.15) is 29.9 Å². The standard InChI is InChI=1S/C19H22N4O2S/c24-26(25,13-12-23-19-11-4-3-10-18(19)21-22-23)20-14-16-8-5-7-15-6-1-2-9-17(15)16/h1-4,6,9-11,16,20H,5,7-8,12-14H2/t16-/m0/s1. The summed E-state index contributed by atoms with van der Waals surface area (Å²) in [5.74, 6) is 0.247. The molecule has 1 aliphatic carbocycles. The third kappa shape index (κ3) is 3.64. The van der Waals surface area contributed by atoms with Crippen LogP contribution in [0.25, 0.3) is 11.0 Å². The number of nitrogens with one attached hydrogen (secondary N) is 1. The highest BCUT2D eigenvalue weighted by molar-refractivity contribution is 7.89. The Morgan fingerprint density at radius 2 is 1.92 bits per heavy atom. The summed E-state index contributed by atoms with van der Waals surface area (Å²) < 4.78 is 29.3. The maximum atomic E-state index is 12.4. The zero-order valence-electron chi connectivity index (χ0n) is 14.5. The van der Waals surface area contributed by atoms with E-state index >= 15 is 0 Å². The van der Waals surface area contributed by atoms with Crippen LogP contribution in [0.15, 0.2) is 48.5 Å². The van der Waals surface area contributed by atoms with Crippen LogP contribution in [0.4, 0.5) is 0 Å². The van der Waals surface area contributed by atoms with Crippen molar-refractivity contribution in [3.8, 4) is 0 Å². The Kier molecular flexibility index (Phi) is 4.74. The van der Waals surface area contributed by atoms with Gasteiger partial charge in [0, 0.05) is 6.54 Å². The number of aromatic nitrogens is 3. The topological polar surface area (TPSA) is 76.9 Å². The first-order valence-corrected chi connectivity index (χ1v) is 10.6. The van der Waals surface area contributed by atoms with E-state index in [1.54, 1.807) is 4.68 Å². The lowest BCUT2D eigenvalue weighted by Gasteiger charge is -2.25. The minimum Gasteiger partial charge on any atom is -0.244 e. The van der Waals surface area contributed by atoms with Crippen molar-refractivity contribution in [1.29, 1.82) is 0 Å². The molecular formula is C19H22N4O2S. The monoisotopic (exact) mass is 370 g/mol. The number of hydrogen-bond acceptors (Lipinski definition) is 4. The summed E-state index contributed by atoms with van der Waals surface area (Å²) in [5.41, 5.74) is 4.25. The highest BCUT2D eigenvalue weighted by Crippen LogP contribution is 2.30. The number of nitrogens with zero attached hydrogens (tertiary/aromatic N) is 3. The minimum atomic E-state index is -3.37. The van der Waals surface area contributed by atoms with Crippen LogP contribution < -0.4 is 4.72 Å². The van der Waals surface area contributed by atoms with Crippen molar-refractivity contribution in [3.05, 3.63) is 59.7 Å². The number of rotatable bonds is 6. The summed E-state index contributed by atoms with van der Waals surface area (Å²) in [5, 5.41) is 8.11. The average Bonchev–Trinajstić information content (AvgIpc) is 3.08. The summed E-state index contributed by atoms with van der Waals surface area (Å²) in [6.45, 7) is 0.745. The number of hydrogen-bond donors (Lipinski definition) is 1. The van der Waals surface area contributed by atoms with E-state index in [0.29, 0.717) is 6.54 Å². The maximum absolute atomic E-state index is 12.4. The summed E-state index contributed by atoms with van der Waals surface area (Å²) in [7, 11) is -3.37. The molecule has 3 aromatic rings. The van der Waals surface area contributed by atoms with E-state index < -0.39 is 10.0 Å². The van der Waals surface area contributed by atoms with Crippen LogP contribution in [0.5, 0.6) is 0 Å². The van der Waals surface area contributed by atoms with Gasteiger partial charge in [0.05, 0.1) is 17.8 Å². The van der Waals surface area contributed by atoms with Crippen molar-refractivity contribution in [2.75, 3.05) is 12.3 Å². The minimum absolute atomic E-state index is 0.00524. The molecular weight excluding hydrogens is 348 g/mol. The predicted octanol–water partition coefficient (Wildman–Crippen LogP) is 2.47. The molecule has 0 bridgehead atoms. The van der Waals surface area contributed by atoms with Gasteiger partial charge in [-0.2, -0.15) is 0 Å². The molecule has 6 nitrogen and oxygen atoms in total. The molecule has 1 aliphatic rings. The summed E-state index contributed by atoms with van der Waals surface area (Å²) in [6.07, 6.45) is 3.21. The van der Waals surface area contributed by atoms with Crippen LogP contribution in [0.2, 0.25) is 0 Å². The van der Waals surface area contributed by atoms with Crippen LogP contribution in [0.3, 0.4) is 0 Å². The molecule has 1 N–H and O–H groups in total. The van der Waals surface area contributed by atoms with Gasteiger partial charge in [0.1, 0.15) is 5.52 Å². The number of benzene rings is 2. The molecule has 0 fully saturated rings. The number of para-hydroxylation sites is 1. The molecule has 0 aliphatic heterocycles. The lowest BCUT2D eigenvalue weighted by Crippen LogP contribution is -2.33. The first-order valence-electron chi connectivity index (χ1n) is 8.96. The van der Waals surface area contributed by atoms with Crippen molar-refractivity contribution in [3.63, 3.8) is 0 Å². The van der Waals surface area contributed by atoms with E-state index in [4.69, 9.17) is 0 Å². The van der Waals surface area contributed by atoms with Gasteiger partial charge < -0.3 is 0 Å². The molecule has 1 atom stereocenters. The Morgan fingerprint density at radius 3 is 2.85 bits per heavy atom. The fraction of sp³-hybridized carbons (Fsp3) is 0.368. The highest BCUT2D eigenvalue weighted by atomic mass is 32.2. The van der Waals surface area contributed by atoms with Crippen LogP contribution in [-0.2, 0) is 23.0 Å². The van der Waals surface area contributed by atoms with Crippen molar-refractivity contribution < 1.29 is 8.42 Å². The van der Waals surface area contributed by atoms with E-state index in [9.17, 15) is 8.42 Å². The summed E-state index contributed by atoms with van der Waals surface area (Å²) in [6, 6.07) is 15.9. The molecule has 0 saturated carbocycles. The third-order valence-electron chi connectivity index (χ3n) is 5.04. The second kappa shape index (κ2) is 7.17. The molecule has 2 aromatic carbocycles. The van der Waals surface area contributed by atoms with Gasteiger partial charge in [0.25, 0.3) is 0 Å². The summed E-state index contributed by atoms with van der Waals surface area (Å²) >= 11 is 0. The van der Waals surface area contributed by atoms with Gasteiger partial charge in [-0.1, -0.05) is 41.6 Å². The van der Waals surface area contributed by atoms with Gasteiger partial charge >= 0.3 is 0 Å². The fourth-order valence-electron chi connectivity index (χ4n) is 3.66. The summed E-state index contributed by atoms with van der Waals surface area (Å²) in [4.78, 5) is 0. The second-order valence-corrected chi connectivity index (χ2v) is 8.68. The SMILES string of the molecule is O=S(=O)(CCn1nnc2ccccc21)NC[C@@H]1CCCc2ccccc21. The predicted molar refractivity (Wildman–Crippen MR) is 101 cm³/mol. The van der Waals surface area contributed by atoms with Crippen LogP contribution >= 0.6 is 0 Å². The molecule has 0 radical (unpaired) electrons. The number of sulfonamides is 1. The lowest BCUT2D eigenvalue weighted by molar-refractivity contribution is 0.525. The number of aryl methyl sites for hydroxylation is 2. The Labute approximate surface area is 153 Å². The van der Waals surface area contributed by atoms with Gasteiger partial charge in [-0.05, 0) is 48.4 Å². The van der Waals surface area contributed by atoms with E-state index in [0.717, 1.165) is 30.3 Å². The molecule has 26 heavy (non-hydrogen) atoms. The van der Waals surface area contributed by atoms with Gasteiger partial charge in [-0.3, -0.25) is 0 Å². The zero-order valence-corrected chi connectivity index (χ0v) is 15.3. The van der Waals surface area contributed by atoms with E-state index in [1.165, 1.54) is 11.1 Å². The first-order chi connectivity index (χ1) is 12.6. The molecule has 0 unspecified atom stereocenters. The van der Waals surface area contributed by atoms with E-state index in [-0.39, 0.29) is 18.2 Å². The smallest absolute Gasteiger partial charge is 0.213 e. The van der Waals surface area contributed by atoms with Gasteiger partial charge in [-0.25, -0.2) is 17.8 Å². The molecule has 136 valence electrons. The third-order valence-corrected chi connectivity index (χ3v) is 6.36. The van der Waals surface area contributed by atoms with Crippen molar-refractivity contribution in [1.82, 2.24) is 19.7 Å². The van der Waals surface area contributed by atoms with Gasteiger partial charge in [-0.15, -0.1) is 5.10 Å². The molecule has 0 spiro atoms. The van der Waals surface area contributed by atoms with E-state index in [2.05, 4.69) is 27.2 Å². The molecule has 7 heteroatoms. The Balaban J connectivity index is 1.39. The molecule has 0 amide bonds. The van der Waals surface area contributed by atoms with Crippen LogP contribution in [-0.4, -0.2) is 35.7 Å². The number of fused-ring (bicyclic) bond motifs is 2. The molecule has 0 saturated heterocycles. The Hall–Kier alpha value is -2.25. The van der Waals surface area contributed by atoms with Crippen molar-refractivity contribution in [2.24, 2.45) is 0 Å². The normalized spacial score (nSPS) is 17.3. The molecule has 4 rings (SSSR count). The quantitative estimate of drug-likeness (QED) is 0.723. The van der Waals surface area contributed by atoms with Gasteiger partial charge in [0.2, 0.25) is 10.0 Å². The van der Waals surface area contributed by atoms with Crippen LogP contribution in [0, 0.1) is 0 Å². The fourth-order valence-corrected chi connectivity index (χ4v) is 4.67. The van der Waals surface area contributed by atoms with E-state index in [1.807, 2.05) is 36.4 Å². The molecule has 1 aromatic heterocycles. The largest absolute Gasteiger partial charge is 0.244 e. The lowest BCUT2D eigenvalue weighted by atomic mass is 9.83. The Morgan fingerprint density at radius 1 is 1.12 bits per heavy atom. The first kappa shape index (κ1) is 17.2. The Bertz CT molecular complexity index is 1010. The molecule has 1 heterocycles. The van der Waals surface area contributed by atoms with Crippen molar-refractivity contribution in [2.45, 2.75) is 31.7 Å². The zero-order chi connectivity index (χ0) is 18.0.